The molecule has 2 aromatic heterocycles. The summed E-state index contributed by atoms with van der Waals surface area (Å²) in [5.74, 6) is 0.525. The van der Waals surface area contributed by atoms with Gasteiger partial charge in [0.15, 0.2) is 10.0 Å². The lowest BCUT2D eigenvalue weighted by Crippen LogP contribution is -2.38. The molecule has 0 radical (unpaired) electrons. The van der Waals surface area contributed by atoms with E-state index in [1.54, 1.807) is 24.5 Å². The number of carbonyl (C=O) groups is 2. The number of hydrogen-bond donors (Lipinski definition) is 1. The van der Waals surface area contributed by atoms with Crippen molar-refractivity contribution in [3.05, 3.63) is 35.6 Å². The van der Waals surface area contributed by atoms with Crippen molar-refractivity contribution >= 4 is 35.0 Å². The molecule has 1 fully saturated rings. The summed E-state index contributed by atoms with van der Waals surface area (Å²) in [6, 6.07) is 3.64. The fraction of sp³-hybridized carbons (Fsp3) is 0.375. The molecule has 25 heavy (non-hydrogen) atoms. The van der Waals surface area contributed by atoms with E-state index in [9.17, 15) is 9.59 Å². The standard InChI is InChI=1S/C16H17N3O4S2/c20-14-2-1-11(9-23-12-3-5-17-6-4-12)19(14)7-8-24-16-18-13(10-25-16)15(21)22/h3-6,10-11H,1-2,7-9H2,(H,21,22). The van der Waals surface area contributed by atoms with Crippen LogP contribution < -0.4 is 4.74 Å². The van der Waals surface area contributed by atoms with Crippen LogP contribution >= 0.6 is 23.1 Å². The average molecular weight is 379 g/mol. The predicted octanol–water partition coefficient (Wildman–Crippen LogP) is 2.40. The van der Waals surface area contributed by atoms with E-state index in [2.05, 4.69) is 9.97 Å². The van der Waals surface area contributed by atoms with E-state index in [0.29, 0.717) is 29.7 Å². The fourth-order valence-electron chi connectivity index (χ4n) is 2.55. The van der Waals surface area contributed by atoms with Crippen molar-refractivity contribution in [1.29, 1.82) is 0 Å². The zero-order valence-corrected chi connectivity index (χ0v) is 15.0. The Bertz CT molecular complexity index is 738. The van der Waals surface area contributed by atoms with E-state index in [4.69, 9.17) is 9.84 Å². The van der Waals surface area contributed by atoms with E-state index >= 15 is 0 Å². The Kier molecular flexibility index (Phi) is 5.87. The number of likely N-dealkylation sites (tertiary alicyclic amines) is 1. The number of carboxylic acid groups (broad SMARTS) is 1. The normalized spacial score (nSPS) is 17.0. The minimum absolute atomic E-state index is 0.0622. The third-order valence-corrected chi connectivity index (χ3v) is 5.81. The molecule has 1 N–H and O–H groups in total. The van der Waals surface area contributed by atoms with Crippen LogP contribution in [0.25, 0.3) is 0 Å². The Morgan fingerprint density at radius 1 is 1.44 bits per heavy atom. The van der Waals surface area contributed by atoms with E-state index < -0.39 is 5.97 Å². The van der Waals surface area contributed by atoms with E-state index in [-0.39, 0.29) is 17.6 Å². The Labute approximate surface area is 153 Å². The first kappa shape index (κ1) is 17.7. The first-order valence-corrected chi connectivity index (χ1v) is 9.64. The molecule has 0 aliphatic carbocycles. The van der Waals surface area contributed by atoms with Crippen LogP contribution in [-0.4, -0.2) is 56.8 Å². The Morgan fingerprint density at radius 2 is 2.24 bits per heavy atom. The van der Waals surface area contributed by atoms with Gasteiger partial charge in [-0.25, -0.2) is 9.78 Å². The molecule has 9 heteroatoms. The van der Waals surface area contributed by atoms with Crippen molar-refractivity contribution in [2.75, 3.05) is 18.9 Å². The number of nitrogens with zero attached hydrogens (tertiary/aromatic N) is 3. The van der Waals surface area contributed by atoms with Gasteiger partial charge in [-0.3, -0.25) is 9.78 Å². The number of carboxylic acids is 1. The topological polar surface area (TPSA) is 92.6 Å². The van der Waals surface area contributed by atoms with Gasteiger partial charge in [-0.1, -0.05) is 11.8 Å². The second kappa shape index (κ2) is 8.30. The molecule has 3 rings (SSSR count). The maximum Gasteiger partial charge on any atom is 0.355 e. The molecular weight excluding hydrogens is 362 g/mol. The molecular formula is C16H17N3O4S2. The van der Waals surface area contributed by atoms with Gasteiger partial charge in [0.05, 0.1) is 6.04 Å². The van der Waals surface area contributed by atoms with Crippen molar-refractivity contribution in [3.63, 3.8) is 0 Å². The second-order valence-electron chi connectivity index (χ2n) is 5.43. The van der Waals surface area contributed by atoms with Crippen molar-refractivity contribution < 1.29 is 19.4 Å². The fourth-order valence-corrected chi connectivity index (χ4v) is 4.36. The zero-order chi connectivity index (χ0) is 17.6. The number of rotatable bonds is 8. The SMILES string of the molecule is O=C(O)c1csc(SCCN2C(=O)CCC2COc2ccncc2)n1. The van der Waals surface area contributed by atoms with Crippen LogP contribution in [0.4, 0.5) is 0 Å². The molecule has 2 aromatic rings. The minimum Gasteiger partial charge on any atom is -0.491 e. The molecule has 1 aliphatic rings. The summed E-state index contributed by atoms with van der Waals surface area (Å²) in [6.07, 6.45) is 4.66. The third kappa shape index (κ3) is 4.70. The van der Waals surface area contributed by atoms with Gasteiger partial charge in [-0.05, 0) is 18.6 Å². The van der Waals surface area contributed by atoms with Crippen molar-refractivity contribution in [2.45, 2.75) is 23.2 Å². The molecule has 0 saturated carbocycles. The van der Waals surface area contributed by atoms with Gasteiger partial charge in [0.25, 0.3) is 0 Å². The van der Waals surface area contributed by atoms with Crippen molar-refractivity contribution in [1.82, 2.24) is 14.9 Å². The third-order valence-electron chi connectivity index (χ3n) is 3.80. The first-order valence-electron chi connectivity index (χ1n) is 7.77. The summed E-state index contributed by atoms with van der Waals surface area (Å²) in [6.45, 7) is 1.05. The monoisotopic (exact) mass is 379 g/mol. The number of hydrogen-bond acceptors (Lipinski definition) is 7. The summed E-state index contributed by atoms with van der Waals surface area (Å²) < 4.78 is 6.45. The molecule has 0 spiro atoms. The smallest absolute Gasteiger partial charge is 0.355 e. The van der Waals surface area contributed by atoms with Crippen LogP contribution in [0.1, 0.15) is 23.3 Å². The minimum atomic E-state index is -1.02. The number of amides is 1. The molecule has 1 aliphatic heterocycles. The van der Waals surface area contributed by atoms with Gasteiger partial charge < -0.3 is 14.7 Å². The highest BCUT2D eigenvalue weighted by Crippen LogP contribution is 2.25. The Hall–Kier alpha value is -2.13. The highest BCUT2D eigenvalue weighted by molar-refractivity contribution is 8.01. The quantitative estimate of drug-likeness (QED) is 0.704. The van der Waals surface area contributed by atoms with Gasteiger partial charge in [0, 0.05) is 36.5 Å². The number of thiazole rings is 1. The molecule has 0 bridgehead atoms. The Balaban J connectivity index is 1.49. The lowest BCUT2D eigenvalue weighted by atomic mass is 10.2. The maximum atomic E-state index is 12.1. The van der Waals surface area contributed by atoms with Gasteiger partial charge in [-0.15, -0.1) is 11.3 Å². The van der Waals surface area contributed by atoms with E-state index in [1.165, 1.54) is 28.5 Å². The summed E-state index contributed by atoms with van der Waals surface area (Å²) >= 11 is 2.77. The number of pyridine rings is 1. The van der Waals surface area contributed by atoms with Gasteiger partial charge in [0.2, 0.25) is 5.91 Å². The van der Waals surface area contributed by atoms with Crippen LogP contribution in [0.2, 0.25) is 0 Å². The lowest BCUT2D eigenvalue weighted by molar-refractivity contribution is -0.129. The Morgan fingerprint density at radius 3 is 2.96 bits per heavy atom. The molecule has 1 unspecified atom stereocenters. The van der Waals surface area contributed by atoms with Gasteiger partial charge in [-0.2, -0.15) is 0 Å². The van der Waals surface area contributed by atoms with Gasteiger partial charge >= 0.3 is 5.97 Å². The van der Waals surface area contributed by atoms with Crippen LogP contribution in [0.5, 0.6) is 5.75 Å². The van der Waals surface area contributed by atoms with Crippen LogP contribution in [0.15, 0.2) is 34.2 Å². The molecule has 132 valence electrons. The first-order chi connectivity index (χ1) is 12.1. The lowest BCUT2D eigenvalue weighted by Gasteiger charge is -2.24. The van der Waals surface area contributed by atoms with Crippen molar-refractivity contribution in [3.8, 4) is 5.75 Å². The highest BCUT2D eigenvalue weighted by Gasteiger charge is 2.31. The summed E-state index contributed by atoms with van der Waals surface area (Å²) in [4.78, 5) is 32.8. The molecule has 1 amide bonds. The second-order valence-corrected chi connectivity index (χ2v) is 7.63. The van der Waals surface area contributed by atoms with Crippen LogP contribution in [0.3, 0.4) is 0 Å². The summed E-state index contributed by atoms with van der Waals surface area (Å²) in [7, 11) is 0. The number of aromatic carboxylic acids is 1. The van der Waals surface area contributed by atoms with Crippen LogP contribution in [0, 0.1) is 0 Å². The highest BCUT2D eigenvalue weighted by atomic mass is 32.2. The molecule has 0 aromatic carbocycles. The molecule has 7 nitrogen and oxygen atoms in total. The maximum absolute atomic E-state index is 12.1. The largest absolute Gasteiger partial charge is 0.491 e. The molecule has 1 saturated heterocycles. The van der Waals surface area contributed by atoms with Gasteiger partial charge in [0.1, 0.15) is 12.4 Å². The number of thioether (sulfide) groups is 1. The molecule has 3 heterocycles. The van der Waals surface area contributed by atoms with Crippen LogP contribution in [-0.2, 0) is 4.79 Å². The van der Waals surface area contributed by atoms with E-state index in [0.717, 1.165) is 12.2 Å². The van der Waals surface area contributed by atoms with Crippen molar-refractivity contribution in [2.24, 2.45) is 0 Å². The predicted molar refractivity (Wildman–Crippen MR) is 94.3 cm³/mol. The number of aromatic nitrogens is 2. The molecule has 1 atom stereocenters. The number of carbonyl (C=O) groups excluding carboxylic acids is 1. The van der Waals surface area contributed by atoms with E-state index in [1.807, 2.05) is 4.90 Å². The summed E-state index contributed by atoms with van der Waals surface area (Å²) in [5.41, 5.74) is 0.0633. The number of ether oxygens (including phenoxy) is 1. The zero-order valence-electron chi connectivity index (χ0n) is 13.3. The summed E-state index contributed by atoms with van der Waals surface area (Å²) in [5, 5.41) is 10.4. The average Bonchev–Trinajstić information content (AvgIpc) is 3.22.